The highest BCUT2D eigenvalue weighted by molar-refractivity contribution is 7.14. The number of carboxylic acids is 1. The largest absolute Gasteiger partial charge is 0.490 e. The lowest BCUT2D eigenvalue weighted by molar-refractivity contribution is -0.135. The highest BCUT2D eigenvalue weighted by Crippen LogP contribution is 2.33. The first-order valence-corrected chi connectivity index (χ1v) is 13.8. The molecule has 0 radical (unpaired) electrons. The molecule has 3 aromatic rings. The van der Waals surface area contributed by atoms with E-state index in [-0.39, 0.29) is 44.2 Å². The van der Waals surface area contributed by atoms with Crippen molar-refractivity contribution in [3.05, 3.63) is 74.0 Å². The van der Waals surface area contributed by atoms with Gasteiger partial charge in [-0.3, -0.25) is 10.1 Å². The number of rotatable bonds is 13. The topological polar surface area (TPSA) is 107 Å². The van der Waals surface area contributed by atoms with Crippen LogP contribution in [0.4, 0.5) is 9.52 Å². The maximum Gasteiger partial charge on any atom is 0.371 e. The Kier molecular flexibility index (Phi) is 11.5. The summed E-state index contributed by atoms with van der Waals surface area (Å²) in [6.45, 7) is 4.97. The highest BCUT2D eigenvalue weighted by Gasteiger charge is 2.21. The molecule has 40 heavy (non-hydrogen) atoms. The van der Waals surface area contributed by atoms with E-state index in [1.807, 2.05) is 0 Å². The number of carbonyl (C=O) groups excluding carboxylic acids is 1. The molecule has 1 aromatic heterocycles. The maximum absolute atomic E-state index is 15.5. The number of carbonyl (C=O) groups is 2. The second kappa shape index (κ2) is 14.6. The van der Waals surface area contributed by atoms with Crippen LogP contribution >= 0.6 is 34.5 Å². The van der Waals surface area contributed by atoms with Gasteiger partial charge in [0.2, 0.25) is 5.76 Å². The van der Waals surface area contributed by atoms with Crippen LogP contribution in [0.1, 0.15) is 47.9 Å². The number of ether oxygens (including phenoxy) is 3. The predicted molar refractivity (Wildman–Crippen MR) is 155 cm³/mol. The first-order chi connectivity index (χ1) is 19.0. The number of aliphatic carboxylic acids is 1. The van der Waals surface area contributed by atoms with E-state index in [1.165, 1.54) is 26.4 Å². The lowest BCUT2D eigenvalue weighted by Gasteiger charge is -2.18. The third-order valence-electron chi connectivity index (χ3n) is 5.82. The SMILES string of the molecule is CO/C(=C/c1c(Cl)cc(C(=O)Nc2nc(-c3cccc(C(COCCC(C)C)OC)c3F)cs2)cc1Cl)C(=O)O. The molecule has 2 N–H and O–H groups in total. The number of thiazole rings is 1. The van der Waals surface area contributed by atoms with E-state index in [4.69, 9.17) is 42.5 Å². The summed E-state index contributed by atoms with van der Waals surface area (Å²) in [5.74, 6) is -2.21. The minimum absolute atomic E-state index is 0.0491. The van der Waals surface area contributed by atoms with Gasteiger partial charge in [-0.1, -0.05) is 49.2 Å². The molecule has 0 aliphatic carbocycles. The van der Waals surface area contributed by atoms with Crippen molar-refractivity contribution in [2.75, 3.05) is 32.8 Å². The smallest absolute Gasteiger partial charge is 0.371 e. The monoisotopic (exact) mass is 610 g/mol. The van der Waals surface area contributed by atoms with Crippen LogP contribution in [-0.2, 0) is 19.0 Å². The number of methoxy groups -OCH3 is 2. The van der Waals surface area contributed by atoms with E-state index in [1.54, 1.807) is 23.6 Å². The summed E-state index contributed by atoms with van der Waals surface area (Å²) in [5.41, 5.74) is 1.25. The Morgan fingerprint density at radius 1 is 1.20 bits per heavy atom. The molecule has 0 aliphatic heterocycles. The van der Waals surface area contributed by atoms with Crippen LogP contribution < -0.4 is 5.32 Å². The number of nitrogens with one attached hydrogen (secondary N) is 1. The lowest BCUT2D eigenvalue weighted by Crippen LogP contribution is -2.13. The number of hydrogen-bond acceptors (Lipinski definition) is 7. The van der Waals surface area contributed by atoms with Crippen LogP contribution in [0.5, 0.6) is 0 Å². The van der Waals surface area contributed by atoms with Gasteiger partial charge in [0.1, 0.15) is 11.9 Å². The van der Waals surface area contributed by atoms with Crippen molar-refractivity contribution in [2.45, 2.75) is 26.4 Å². The lowest BCUT2D eigenvalue weighted by atomic mass is 10.0. The first-order valence-electron chi connectivity index (χ1n) is 12.2. The molecule has 1 heterocycles. The van der Waals surface area contributed by atoms with Crippen LogP contribution in [-0.4, -0.2) is 49.4 Å². The Balaban J connectivity index is 1.77. The molecule has 0 saturated carbocycles. The van der Waals surface area contributed by atoms with Crippen LogP contribution in [0.25, 0.3) is 17.3 Å². The van der Waals surface area contributed by atoms with Crippen molar-refractivity contribution in [3.8, 4) is 11.3 Å². The molecule has 0 spiro atoms. The Labute approximate surface area is 245 Å². The molecule has 8 nitrogen and oxygen atoms in total. The molecule has 0 aliphatic rings. The van der Waals surface area contributed by atoms with Crippen molar-refractivity contribution in [1.82, 2.24) is 4.98 Å². The minimum atomic E-state index is -1.30. The maximum atomic E-state index is 15.5. The van der Waals surface area contributed by atoms with E-state index < -0.39 is 23.8 Å². The van der Waals surface area contributed by atoms with E-state index >= 15 is 4.39 Å². The molecule has 0 saturated heterocycles. The molecule has 12 heteroatoms. The zero-order valence-corrected chi connectivity index (χ0v) is 24.6. The molecule has 214 valence electrons. The predicted octanol–water partition coefficient (Wildman–Crippen LogP) is 7.33. The fourth-order valence-corrected chi connectivity index (χ4v) is 4.91. The van der Waals surface area contributed by atoms with E-state index in [0.717, 1.165) is 23.8 Å². The molecule has 1 unspecified atom stereocenters. The van der Waals surface area contributed by atoms with Gasteiger partial charge < -0.3 is 19.3 Å². The van der Waals surface area contributed by atoms with Gasteiger partial charge in [0.25, 0.3) is 5.91 Å². The van der Waals surface area contributed by atoms with Crippen LogP contribution in [0.2, 0.25) is 10.0 Å². The van der Waals surface area contributed by atoms with Gasteiger partial charge in [0.05, 0.1) is 29.5 Å². The minimum Gasteiger partial charge on any atom is -0.490 e. The summed E-state index contributed by atoms with van der Waals surface area (Å²) in [4.78, 5) is 28.5. The average molecular weight is 612 g/mol. The number of benzene rings is 2. The van der Waals surface area contributed by atoms with Gasteiger partial charge in [-0.05, 0) is 36.6 Å². The summed E-state index contributed by atoms with van der Waals surface area (Å²) in [5, 5.41) is 13.8. The number of anilines is 1. The molecule has 0 fully saturated rings. The third kappa shape index (κ3) is 8.02. The standard InChI is InChI=1S/C28H29Cl2FN2O6S/c1-15(2)8-9-39-13-24(38-4)18-7-5-6-17(25(18)31)22-14-40-28(32-22)33-26(34)16-10-20(29)19(21(30)11-16)12-23(37-3)27(35)36/h5-7,10-12,14-15,24H,8-9,13H2,1-4H3,(H,35,36)(H,32,33,34)/b23-12+. The highest BCUT2D eigenvalue weighted by atomic mass is 35.5. The van der Waals surface area contributed by atoms with E-state index in [0.29, 0.717) is 23.8 Å². The van der Waals surface area contributed by atoms with Gasteiger partial charge in [-0.25, -0.2) is 14.2 Å². The average Bonchev–Trinajstić information content (AvgIpc) is 3.36. The fourth-order valence-electron chi connectivity index (χ4n) is 3.61. The zero-order chi connectivity index (χ0) is 29.4. The van der Waals surface area contributed by atoms with Crippen molar-refractivity contribution in [3.63, 3.8) is 0 Å². The molecular formula is C28H29Cl2FN2O6S. The normalized spacial score (nSPS) is 12.4. The Bertz CT molecular complexity index is 1370. The van der Waals surface area contributed by atoms with Gasteiger partial charge in [0.15, 0.2) is 5.13 Å². The zero-order valence-electron chi connectivity index (χ0n) is 22.3. The number of hydrogen-bond donors (Lipinski definition) is 2. The van der Waals surface area contributed by atoms with E-state index in [9.17, 15) is 9.59 Å². The number of amides is 1. The number of carboxylic acid groups (broad SMARTS) is 1. The van der Waals surface area contributed by atoms with E-state index in [2.05, 4.69) is 24.1 Å². The van der Waals surface area contributed by atoms with Crippen LogP contribution in [0, 0.1) is 11.7 Å². The Morgan fingerprint density at radius 2 is 1.90 bits per heavy atom. The summed E-state index contributed by atoms with van der Waals surface area (Å²) in [6, 6.07) is 7.64. The fraction of sp³-hybridized carbons (Fsp3) is 0.321. The molecule has 1 amide bonds. The molecule has 0 bridgehead atoms. The number of aromatic nitrogens is 1. The van der Waals surface area contributed by atoms with Crippen molar-refractivity contribution in [1.29, 1.82) is 0 Å². The Morgan fingerprint density at radius 3 is 2.50 bits per heavy atom. The number of nitrogens with zero attached hydrogens (tertiary/aromatic N) is 1. The second-order valence-electron chi connectivity index (χ2n) is 9.05. The van der Waals surface area contributed by atoms with Crippen molar-refractivity contribution < 1.29 is 33.3 Å². The van der Waals surface area contributed by atoms with Crippen molar-refractivity contribution in [2.24, 2.45) is 5.92 Å². The molecular weight excluding hydrogens is 582 g/mol. The summed E-state index contributed by atoms with van der Waals surface area (Å²) in [7, 11) is 2.70. The molecule has 2 aromatic carbocycles. The van der Waals surface area contributed by atoms with Crippen LogP contribution in [0.15, 0.2) is 41.5 Å². The van der Waals surface area contributed by atoms with Gasteiger partial charge in [-0.15, -0.1) is 11.3 Å². The first kappa shape index (κ1) is 31.5. The summed E-state index contributed by atoms with van der Waals surface area (Å²) < 4.78 is 31.5. The second-order valence-corrected chi connectivity index (χ2v) is 10.7. The third-order valence-corrected chi connectivity index (χ3v) is 7.20. The Hall–Kier alpha value is -3.02. The number of halogens is 3. The molecule has 3 rings (SSSR count). The summed E-state index contributed by atoms with van der Waals surface area (Å²) in [6.07, 6.45) is 1.47. The van der Waals surface area contributed by atoms with Gasteiger partial charge in [-0.2, -0.15) is 0 Å². The van der Waals surface area contributed by atoms with Crippen molar-refractivity contribution >= 4 is 57.6 Å². The summed E-state index contributed by atoms with van der Waals surface area (Å²) >= 11 is 13.6. The van der Waals surface area contributed by atoms with Gasteiger partial charge >= 0.3 is 5.97 Å². The molecule has 1 atom stereocenters. The van der Waals surface area contributed by atoms with Gasteiger partial charge in [0, 0.05) is 41.4 Å². The van der Waals surface area contributed by atoms with Crippen LogP contribution in [0.3, 0.4) is 0 Å². The quantitative estimate of drug-likeness (QED) is 0.118.